The van der Waals surface area contributed by atoms with Gasteiger partial charge in [0.2, 0.25) is 0 Å². The largest absolute Gasteiger partial charge is 0.493 e. The number of morpholine rings is 1. The molecule has 0 radical (unpaired) electrons. The summed E-state index contributed by atoms with van der Waals surface area (Å²) in [4.78, 5) is 25.8. The SMILES string of the molecule is COc1cccc(C(=S)N2CCOCC2)c1OC(=O)c1ccc(Cl)cc1[N+](=O)[O-]. The lowest BCUT2D eigenvalue weighted by molar-refractivity contribution is -0.385. The van der Waals surface area contributed by atoms with Gasteiger partial charge in [0.25, 0.3) is 5.69 Å². The van der Waals surface area contributed by atoms with E-state index in [0.29, 0.717) is 36.9 Å². The van der Waals surface area contributed by atoms with Crippen molar-refractivity contribution in [3.05, 3.63) is 62.7 Å². The molecule has 10 heteroatoms. The summed E-state index contributed by atoms with van der Waals surface area (Å²) in [5, 5.41) is 11.4. The number of halogens is 1. The molecule has 2 aromatic carbocycles. The first-order valence-corrected chi connectivity index (χ1v) is 9.41. The first-order valence-electron chi connectivity index (χ1n) is 8.62. The minimum absolute atomic E-state index is 0.0979. The summed E-state index contributed by atoms with van der Waals surface area (Å²) < 4.78 is 16.2. The van der Waals surface area contributed by atoms with Gasteiger partial charge in [-0.1, -0.05) is 29.9 Å². The molecule has 0 atom stereocenters. The van der Waals surface area contributed by atoms with Gasteiger partial charge in [-0.25, -0.2) is 4.79 Å². The van der Waals surface area contributed by atoms with E-state index in [1.807, 2.05) is 4.90 Å². The summed E-state index contributed by atoms with van der Waals surface area (Å²) in [5.41, 5.74) is -0.200. The maximum atomic E-state index is 12.8. The number of thiocarbonyl (C=S) groups is 1. The number of nitrogens with zero attached hydrogens (tertiary/aromatic N) is 2. The molecule has 0 spiro atoms. The van der Waals surface area contributed by atoms with Crippen LogP contribution in [0.5, 0.6) is 11.5 Å². The Morgan fingerprint density at radius 1 is 1.24 bits per heavy atom. The molecule has 1 aliphatic heterocycles. The molecule has 29 heavy (non-hydrogen) atoms. The highest BCUT2D eigenvalue weighted by Crippen LogP contribution is 2.34. The Kier molecular flexibility index (Phi) is 6.63. The molecule has 1 heterocycles. The second kappa shape index (κ2) is 9.17. The molecule has 2 aromatic rings. The van der Waals surface area contributed by atoms with E-state index in [4.69, 9.17) is 38.0 Å². The zero-order valence-electron chi connectivity index (χ0n) is 15.4. The number of rotatable bonds is 5. The second-order valence-electron chi connectivity index (χ2n) is 6.05. The van der Waals surface area contributed by atoms with Gasteiger partial charge < -0.3 is 19.1 Å². The number of para-hydroxylation sites is 1. The molecule has 0 aliphatic carbocycles. The van der Waals surface area contributed by atoms with Crippen molar-refractivity contribution >= 4 is 40.5 Å². The molecule has 1 aliphatic rings. The molecule has 0 N–H and O–H groups in total. The number of nitro groups is 1. The summed E-state index contributed by atoms with van der Waals surface area (Å²) in [6.45, 7) is 2.28. The molecule has 0 bridgehead atoms. The number of hydrogen-bond acceptors (Lipinski definition) is 7. The van der Waals surface area contributed by atoms with Gasteiger partial charge in [-0.15, -0.1) is 0 Å². The number of ether oxygens (including phenoxy) is 3. The number of esters is 1. The topological polar surface area (TPSA) is 91.1 Å². The van der Waals surface area contributed by atoms with Crippen LogP contribution < -0.4 is 9.47 Å². The monoisotopic (exact) mass is 436 g/mol. The predicted octanol–water partition coefficient (Wildman–Crippen LogP) is 3.48. The number of nitro benzene ring substituents is 1. The first-order chi connectivity index (χ1) is 13.9. The smallest absolute Gasteiger partial charge is 0.350 e. The molecule has 0 saturated carbocycles. The summed E-state index contributed by atoms with van der Waals surface area (Å²) >= 11 is 11.4. The van der Waals surface area contributed by atoms with E-state index in [1.165, 1.54) is 19.2 Å². The lowest BCUT2D eigenvalue weighted by atomic mass is 10.1. The summed E-state index contributed by atoms with van der Waals surface area (Å²) in [6.07, 6.45) is 0. The fourth-order valence-corrected chi connectivity index (χ4v) is 3.37. The van der Waals surface area contributed by atoms with E-state index >= 15 is 0 Å². The fraction of sp³-hybridized carbons (Fsp3) is 0.263. The van der Waals surface area contributed by atoms with Crippen molar-refractivity contribution in [3.63, 3.8) is 0 Å². The van der Waals surface area contributed by atoms with Gasteiger partial charge in [0.1, 0.15) is 10.6 Å². The van der Waals surface area contributed by atoms with Crippen molar-refractivity contribution < 1.29 is 23.9 Å². The minimum atomic E-state index is -0.913. The highest BCUT2D eigenvalue weighted by Gasteiger charge is 2.27. The summed E-state index contributed by atoms with van der Waals surface area (Å²) in [5.74, 6) is -0.535. The Labute approximate surface area is 177 Å². The van der Waals surface area contributed by atoms with E-state index in [9.17, 15) is 14.9 Å². The van der Waals surface area contributed by atoms with Crippen LogP contribution in [0.1, 0.15) is 15.9 Å². The molecule has 0 amide bonds. The van der Waals surface area contributed by atoms with Crippen LogP contribution in [0.4, 0.5) is 5.69 Å². The Morgan fingerprint density at radius 3 is 2.62 bits per heavy atom. The number of carbonyl (C=O) groups excluding carboxylic acids is 1. The Balaban J connectivity index is 1.97. The Hall–Kier alpha value is -2.75. The van der Waals surface area contributed by atoms with Gasteiger partial charge in [0, 0.05) is 24.2 Å². The third kappa shape index (κ3) is 4.64. The van der Waals surface area contributed by atoms with Crippen LogP contribution in [0, 0.1) is 10.1 Å². The number of methoxy groups -OCH3 is 1. The van der Waals surface area contributed by atoms with Crippen molar-refractivity contribution in [3.8, 4) is 11.5 Å². The van der Waals surface area contributed by atoms with Crippen LogP contribution in [0.25, 0.3) is 0 Å². The first kappa shape index (κ1) is 21.0. The Morgan fingerprint density at radius 2 is 1.97 bits per heavy atom. The minimum Gasteiger partial charge on any atom is -0.493 e. The third-order valence-corrected chi connectivity index (χ3v) is 5.01. The Bertz CT molecular complexity index is 962. The second-order valence-corrected chi connectivity index (χ2v) is 6.87. The van der Waals surface area contributed by atoms with Crippen molar-refractivity contribution in [2.75, 3.05) is 33.4 Å². The van der Waals surface area contributed by atoms with E-state index in [0.717, 1.165) is 6.07 Å². The molecule has 3 rings (SSSR count). The van der Waals surface area contributed by atoms with Crippen molar-refractivity contribution in [2.24, 2.45) is 0 Å². The molecule has 1 fully saturated rings. The molecule has 0 aromatic heterocycles. The fourth-order valence-electron chi connectivity index (χ4n) is 2.86. The normalized spacial score (nSPS) is 13.7. The van der Waals surface area contributed by atoms with E-state index < -0.39 is 16.6 Å². The van der Waals surface area contributed by atoms with Crippen molar-refractivity contribution in [1.82, 2.24) is 4.90 Å². The molecular weight excluding hydrogens is 420 g/mol. The van der Waals surface area contributed by atoms with Gasteiger partial charge in [0.05, 0.1) is 30.8 Å². The number of benzene rings is 2. The number of carbonyl (C=O) groups is 1. The zero-order chi connectivity index (χ0) is 21.0. The van der Waals surface area contributed by atoms with Crippen molar-refractivity contribution in [2.45, 2.75) is 0 Å². The highest BCUT2D eigenvalue weighted by molar-refractivity contribution is 7.80. The third-order valence-electron chi connectivity index (χ3n) is 4.30. The maximum Gasteiger partial charge on any atom is 0.350 e. The molecule has 0 unspecified atom stereocenters. The van der Waals surface area contributed by atoms with Crippen LogP contribution in [-0.2, 0) is 4.74 Å². The lowest BCUT2D eigenvalue weighted by Crippen LogP contribution is -2.40. The van der Waals surface area contributed by atoms with Crippen LogP contribution in [0.2, 0.25) is 5.02 Å². The predicted molar refractivity (Wildman–Crippen MR) is 110 cm³/mol. The van der Waals surface area contributed by atoms with E-state index in [2.05, 4.69) is 0 Å². The van der Waals surface area contributed by atoms with E-state index in [-0.39, 0.29) is 22.1 Å². The van der Waals surface area contributed by atoms with E-state index in [1.54, 1.807) is 18.2 Å². The van der Waals surface area contributed by atoms with Gasteiger partial charge in [-0.2, -0.15) is 0 Å². The molecule has 1 saturated heterocycles. The maximum absolute atomic E-state index is 12.8. The van der Waals surface area contributed by atoms with Gasteiger partial charge >= 0.3 is 5.97 Å². The van der Waals surface area contributed by atoms with Crippen LogP contribution in [-0.4, -0.2) is 54.2 Å². The standard InChI is InChI=1S/C19H17ClN2O6S/c1-26-16-4-2-3-14(18(29)21-7-9-27-10-8-21)17(16)28-19(23)13-6-5-12(20)11-15(13)22(24)25/h2-6,11H,7-10H2,1H3. The average Bonchev–Trinajstić information content (AvgIpc) is 2.73. The quantitative estimate of drug-likeness (QED) is 0.231. The lowest BCUT2D eigenvalue weighted by Gasteiger charge is -2.30. The molecule has 8 nitrogen and oxygen atoms in total. The highest BCUT2D eigenvalue weighted by atomic mass is 35.5. The summed E-state index contributed by atoms with van der Waals surface area (Å²) in [7, 11) is 1.43. The number of hydrogen-bond donors (Lipinski definition) is 0. The molecule has 152 valence electrons. The zero-order valence-corrected chi connectivity index (χ0v) is 17.0. The average molecular weight is 437 g/mol. The van der Waals surface area contributed by atoms with Crippen LogP contribution in [0.15, 0.2) is 36.4 Å². The van der Waals surface area contributed by atoms with Gasteiger partial charge in [0.15, 0.2) is 11.5 Å². The van der Waals surface area contributed by atoms with Crippen molar-refractivity contribution in [1.29, 1.82) is 0 Å². The molecular formula is C19H17ClN2O6S. The van der Waals surface area contributed by atoms with Crippen LogP contribution in [0.3, 0.4) is 0 Å². The van der Waals surface area contributed by atoms with Crippen LogP contribution >= 0.6 is 23.8 Å². The summed E-state index contributed by atoms with van der Waals surface area (Å²) in [6, 6.07) is 8.77. The van der Waals surface area contributed by atoms with Gasteiger partial charge in [-0.3, -0.25) is 10.1 Å². The van der Waals surface area contributed by atoms with Gasteiger partial charge in [-0.05, 0) is 24.3 Å².